The van der Waals surface area contributed by atoms with Gasteiger partial charge in [-0.1, -0.05) is 6.07 Å². The van der Waals surface area contributed by atoms with Gasteiger partial charge in [0.15, 0.2) is 0 Å². The van der Waals surface area contributed by atoms with E-state index in [1.807, 2.05) is 47.0 Å². The van der Waals surface area contributed by atoms with Gasteiger partial charge in [0.25, 0.3) is 0 Å². The lowest BCUT2D eigenvalue weighted by atomic mass is 10.1. The Labute approximate surface area is 132 Å². The number of nitrogens with zero attached hydrogens (tertiary/aromatic N) is 4. The molecule has 2 aromatic carbocycles. The molecule has 0 radical (unpaired) electrons. The summed E-state index contributed by atoms with van der Waals surface area (Å²) in [5.41, 5.74) is 3.13. The molecule has 0 N–H and O–H groups in total. The zero-order valence-electron chi connectivity index (χ0n) is 12.1. The molecule has 0 saturated heterocycles. The smallest absolute Gasteiger partial charge is 0.137 e. The maximum Gasteiger partial charge on any atom is 0.137 e. The van der Waals surface area contributed by atoms with E-state index in [2.05, 4.69) is 17.1 Å². The van der Waals surface area contributed by atoms with Crippen LogP contribution in [0.1, 0.15) is 11.1 Å². The molecule has 0 unspecified atom stereocenters. The molecule has 2 heterocycles. The average Bonchev–Trinajstić information content (AvgIpc) is 2.95. The number of aromatic nitrogens is 2. The third kappa shape index (κ3) is 1.94. The minimum absolute atomic E-state index is 0.597. The van der Waals surface area contributed by atoms with Gasteiger partial charge < -0.3 is 0 Å². The van der Waals surface area contributed by atoms with Crippen LogP contribution in [0.15, 0.2) is 60.8 Å². The lowest BCUT2D eigenvalue weighted by Crippen LogP contribution is -1.96. The minimum atomic E-state index is 0.597. The number of nitriles is 2. The molecular formula is C19H10N4. The molecule has 0 amide bonds. The maximum atomic E-state index is 9.17. The van der Waals surface area contributed by atoms with Gasteiger partial charge in [-0.15, -0.1) is 0 Å². The lowest BCUT2D eigenvalue weighted by Gasteiger charge is -2.05. The van der Waals surface area contributed by atoms with Crippen molar-refractivity contribution in [2.45, 2.75) is 0 Å². The molecule has 4 heteroatoms. The topological polar surface area (TPSA) is 65.4 Å². The monoisotopic (exact) mass is 294 g/mol. The van der Waals surface area contributed by atoms with Gasteiger partial charge in [-0.05, 0) is 48.5 Å². The number of benzene rings is 2. The predicted molar refractivity (Wildman–Crippen MR) is 88.0 cm³/mol. The Hall–Kier alpha value is -3.63. The molecule has 0 spiro atoms. The van der Waals surface area contributed by atoms with Crippen molar-refractivity contribution in [1.29, 1.82) is 10.5 Å². The summed E-state index contributed by atoms with van der Waals surface area (Å²) in [7, 11) is 0. The molecule has 0 aliphatic carbocycles. The van der Waals surface area contributed by atoms with Crippen LogP contribution >= 0.6 is 0 Å². The first-order valence-corrected chi connectivity index (χ1v) is 7.11. The van der Waals surface area contributed by atoms with E-state index in [0.717, 1.165) is 27.6 Å². The van der Waals surface area contributed by atoms with Crippen molar-refractivity contribution in [1.82, 2.24) is 9.55 Å². The molecule has 4 rings (SSSR count). The van der Waals surface area contributed by atoms with Gasteiger partial charge in [0, 0.05) is 17.0 Å². The lowest BCUT2D eigenvalue weighted by molar-refractivity contribution is 1.08. The fourth-order valence-corrected chi connectivity index (χ4v) is 2.90. The van der Waals surface area contributed by atoms with E-state index in [1.165, 1.54) is 0 Å². The summed E-state index contributed by atoms with van der Waals surface area (Å²) in [5.74, 6) is 0.807. The van der Waals surface area contributed by atoms with Crippen molar-refractivity contribution in [3.05, 3.63) is 71.9 Å². The van der Waals surface area contributed by atoms with Crippen molar-refractivity contribution in [3.8, 4) is 18.0 Å². The summed E-state index contributed by atoms with van der Waals surface area (Å²) in [6.45, 7) is 0. The first-order valence-electron chi connectivity index (χ1n) is 7.11. The van der Waals surface area contributed by atoms with Crippen molar-refractivity contribution >= 4 is 21.8 Å². The molecular weight excluding hydrogens is 284 g/mol. The van der Waals surface area contributed by atoms with Crippen LogP contribution in [0.4, 0.5) is 0 Å². The molecule has 4 aromatic rings. The van der Waals surface area contributed by atoms with Crippen LogP contribution in [0, 0.1) is 22.7 Å². The van der Waals surface area contributed by atoms with E-state index in [9.17, 15) is 10.5 Å². The summed E-state index contributed by atoms with van der Waals surface area (Å²) in [6, 6.07) is 21.3. The Morgan fingerprint density at radius 3 is 1.87 bits per heavy atom. The molecule has 106 valence electrons. The highest BCUT2D eigenvalue weighted by atomic mass is 15.1. The molecule has 0 saturated carbocycles. The summed E-state index contributed by atoms with van der Waals surface area (Å²) >= 11 is 0. The Kier molecular flexibility index (Phi) is 2.83. The van der Waals surface area contributed by atoms with Gasteiger partial charge in [0.2, 0.25) is 0 Å². The van der Waals surface area contributed by atoms with Gasteiger partial charge in [0.05, 0.1) is 34.3 Å². The van der Waals surface area contributed by atoms with Crippen LogP contribution in [-0.2, 0) is 0 Å². The van der Waals surface area contributed by atoms with Crippen LogP contribution in [-0.4, -0.2) is 9.55 Å². The number of rotatable bonds is 1. The van der Waals surface area contributed by atoms with Crippen molar-refractivity contribution < 1.29 is 0 Å². The zero-order chi connectivity index (χ0) is 15.8. The Balaban J connectivity index is 2.20. The fraction of sp³-hybridized carbons (Fsp3) is 0. The van der Waals surface area contributed by atoms with E-state index in [4.69, 9.17) is 0 Å². The molecule has 0 bridgehead atoms. The third-order valence-electron chi connectivity index (χ3n) is 3.90. The van der Waals surface area contributed by atoms with Gasteiger partial charge in [0.1, 0.15) is 5.82 Å². The molecule has 4 nitrogen and oxygen atoms in total. The molecule has 23 heavy (non-hydrogen) atoms. The van der Waals surface area contributed by atoms with Crippen LogP contribution < -0.4 is 0 Å². The molecule has 0 atom stereocenters. The number of hydrogen-bond acceptors (Lipinski definition) is 3. The third-order valence-corrected chi connectivity index (χ3v) is 3.90. The van der Waals surface area contributed by atoms with E-state index < -0.39 is 0 Å². The largest absolute Gasteiger partial charge is 0.294 e. The number of hydrogen-bond donors (Lipinski definition) is 0. The molecule has 0 fully saturated rings. The SMILES string of the molecule is N#Cc1ccc2c(c1)c1cc(C#N)ccc1n2-c1ccccn1. The van der Waals surface area contributed by atoms with E-state index in [1.54, 1.807) is 18.3 Å². The first-order chi connectivity index (χ1) is 11.3. The second-order valence-electron chi connectivity index (χ2n) is 5.21. The first kappa shape index (κ1) is 13.1. The minimum Gasteiger partial charge on any atom is -0.294 e. The quantitative estimate of drug-likeness (QED) is 0.534. The number of fused-ring (bicyclic) bond motifs is 3. The summed E-state index contributed by atoms with van der Waals surface area (Å²) in [6.07, 6.45) is 1.75. The Morgan fingerprint density at radius 2 is 1.39 bits per heavy atom. The second kappa shape index (κ2) is 4.98. The van der Waals surface area contributed by atoms with Crippen molar-refractivity contribution in [2.24, 2.45) is 0 Å². The zero-order valence-corrected chi connectivity index (χ0v) is 12.1. The van der Waals surface area contributed by atoms with E-state index in [0.29, 0.717) is 11.1 Å². The van der Waals surface area contributed by atoms with E-state index >= 15 is 0 Å². The van der Waals surface area contributed by atoms with Crippen LogP contribution in [0.5, 0.6) is 0 Å². The van der Waals surface area contributed by atoms with Crippen LogP contribution in [0.25, 0.3) is 27.6 Å². The molecule has 2 aromatic heterocycles. The molecule has 0 aliphatic rings. The predicted octanol–water partition coefficient (Wildman–Crippen LogP) is 3.92. The highest BCUT2D eigenvalue weighted by Gasteiger charge is 2.13. The fourth-order valence-electron chi connectivity index (χ4n) is 2.90. The highest BCUT2D eigenvalue weighted by Crippen LogP contribution is 2.32. The second-order valence-corrected chi connectivity index (χ2v) is 5.21. The maximum absolute atomic E-state index is 9.17. The standard InChI is InChI=1S/C19H10N4/c20-11-13-4-6-17-15(9-13)16-10-14(12-21)5-7-18(16)23(17)19-3-1-2-8-22-19/h1-10H. The van der Waals surface area contributed by atoms with Gasteiger partial charge >= 0.3 is 0 Å². The van der Waals surface area contributed by atoms with Gasteiger partial charge in [-0.2, -0.15) is 10.5 Å². The highest BCUT2D eigenvalue weighted by molar-refractivity contribution is 6.09. The summed E-state index contributed by atoms with van der Waals surface area (Å²) in [5, 5.41) is 20.2. The summed E-state index contributed by atoms with van der Waals surface area (Å²) in [4.78, 5) is 4.44. The Bertz CT molecular complexity index is 1050. The van der Waals surface area contributed by atoms with E-state index in [-0.39, 0.29) is 0 Å². The van der Waals surface area contributed by atoms with Crippen molar-refractivity contribution in [2.75, 3.05) is 0 Å². The Morgan fingerprint density at radius 1 is 0.783 bits per heavy atom. The summed E-state index contributed by atoms with van der Waals surface area (Å²) < 4.78 is 2.05. The van der Waals surface area contributed by atoms with Crippen molar-refractivity contribution in [3.63, 3.8) is 0 Å². The van der Waals surface area contributed by atoms with Crippen LogP contribution in [0.2, 0.25) is 0 Å². The van der Waals surface area contributed by atoms with Crippen LogP contribution in [0.3, 0.4) is 0 Å². The average molecular weight is 294 g/mol. The normalized spacial score (nSPS) is 10.5. The van der Waals surface area contributed by atoms with Gasteiger partial charge in [-0.3, -0.25) is 4.57 Å². The van der Waals surface area contributed by atoms with Gasteiger partial charge in [-0.25, -0.2) is 4.98 Å². The molecule has 0 aliphatic heterocycles. The number of pyridine rings is 1.